The Morgan fingerprint density at radius 2 is 1.69 bits per heavy atom. The number of ether oxygens (including phenoxy) is 1. The number of aromatic hydroxyl groups is 1. The van der Waals surface area contributed by atoms with Crippen molar-refractivity contribution >= 4 is 20.0 Å². The average Bonchev–Trinajstić information content (AvgIpc) is 2.64. The molecule has 0 saturated carbocycles. The van der Waals surface area contributed by atoms with Crippen LogP contribution in [0.3, 0.4) is 0 Å². The third-order valence-electron chi connectivity index (χ3n) is 4.90. The first-order valence-electron chi connectivity index (χ1n) is 9.77. The average molecular weight is 438 g/mol. The summed E-state index contributed by atoms with van der Waals surface area (Å²) < 4.78 is 22.5. The van der Waals surface area contributed by atoms with Gasteiger partial charge in [-0.3, -0.25) is 0 Å². The second-order valence-corrected chi connectivity index (χ2v) is 9.15. The van der Waals surface area contributed by atoms with Crippen molar-refractivity contribution in [3.63, 3.8) is 0 Å². The van der Waals surface area contributed by atoms with Crippen molar-refractivity contribution in [2.45, 2.75) is 75.9 Å². The van der Waals surface area contributed by atoms with E-state index in [4.69, 9.17) is 9.26 Å². The molecular weight excluding hydrogens is 407 g/mol. The second-order valence-electron chi connectivity index (χ2n) is 7.41. The van der Waals surface area contributed by atoms with Crippen LogP contribution in [0.2, 0.25) is 0 Å². The molecule has 0 heterocycles. The molecule has 0 aliphatic heterocycles. The van der Waals surface area contributed by atoms with Crippen molar-refractivity contribution in [1.82, 2.24) is 0 Å². The third-order valence-corrected chi connectivity index (χ3v) is 6.73. The molecule has 29 heavy (non-hydrogen) atoms. The van der Waals surface area contributed by atoms with E-state index in [2.05, 4.69) is 13.8 Å². The van der Waals surface area contributed by atoms with Crippen LogP contribution in [0.25, 0.3) is 0 Å². The maximum atomic E-state index is 11.2. The highest BCUT2D eigenvalue weighted by atomic mass is 32.2. The van der Waals surface area contributed by atoms with Crippen LogP contribution >= 0.6 is 20.0 Å². The maximum absolute atomic E-state index is 11.2. The van der Waals surface area contributed by atoms with Crippen molar-refractivity contribution in [2.75, 3.05) is 0 Å². The van der Waals surface area contributed by atoms with Gasteiger partial charge >= 0.3 is 8.25 Å². The summed E-state index contributed by atoms with van der Waals surface area (Å²) in [5.41, 5.74) is 3.01. The topological polar surface area (TPSA) is 76.0 Å². The van der Waals surface area contributed by atoms with E-state index in [1.165, 1.54) is 0 Å². The molecule has 0 fully saturated rings. The molecule has 2 aromatic carbocycles. The van der Waals surface area contributed by atoms with Crippen LogP contribution in [0.5, 0.6) is 11.5 Å². The van der Waals surface area contributed by atoms with Crippen molar-refractivity contribution < 1.29 is 23.8 Å². The monoisotopic (exact) mass is 437 g/mol. The largest absolute Gasteiger partial charge is 0.698 e. The molecule has 5 nitrogen and oxygen atoms in total. The number of phenols is 1. The molecule has 0 bridgehead atoms. The third kappa shape index (κ3) is 5.95. The van der Waals surface area contributed by atoms with Gasteiger partial charge in [-0.05, 0) is 66.8 Å². The molecule has 2 aromatic rings. The van der Waals surface area contributed by atoms with Gasteiger partial charge in [0.25, 0.3) is 5.79 Å². The molecule has 0 amide bonds. The van der Waals surface area contributed by atoms with E-state index in [1.54, 1.807) is 17.8 Å². The van der Waals surface area contributed by atoms with Crippen LogP contribution in [0.1, 0.15) is 63.1 Å². The van der Waals surface area contributed by atoms with Crippen molar-refractivity contribution in [1.29, 1.82) is 0 Å². The first kappa shape index (κ1) is 23.7. The maximum Gasteiger partial charge on any atom is 0.698 e. The number of aryl methyl sites for hydroxylation is 2. The lowest BCUT2D eigenvalue weighted by atomic mass is 10.0. The van der Waals surface area contributed by atoms with E-state index in [0.29, 0.717) is 24.3 Å². The number of rotatable bonds is 9. The van der Waals surface area contributed by atoms with E-state index >= 15 is 0 Å². The number of benzene rings is 2. The zero-order valence-electron chi connectivity index (χ0n) is 17.9. The Morgan fingerprint density at radius 1 is 1.10 bits per heavy atom. The van der Waals surface area contributed by atoms with Gasteiger partial charge in [-0.25, -0.2) is 0 Å². The van der Waals surface area contributed by atoms with Crippen LogP contribution in [0, 0.1) is 13.8 Å². The predicted molar refractivity (Wildman–Crippen MR) is 117 cm³/mol. The SMILES string of the molecule is CCC(CC)(Oc1cc(C)c(Sc2ccc(O)c(C(C)C)c2)c(C)c1)O[P+](=O)O. The number of hydrogen-bond donors (Lipinski definition) is 2. The molecule has 0 radical (unpaired) electrons. The molecule has 0 aromatic heterocycles. The van der Waals surface area contributed by atoms with Crippen LogP contribution in [0.4, 0.5) is 0 Å². The molecule has 2 N–H and O–H groups in total. The summed E-state index contributed by atoms with van der Waals surface area (Å²) in [6.07, 6.45) is 0.899. The molecule has 158 valence electrons. The summed E-state index contributed by atoms with van der Waals surface area (Å²) in [6, 6.07) is 9.53. The summed E-state index contributed by atoms with van der Waals surface area (Å²) in [7, 11) is -2.76. The van der Waals surface area contributed by atoms with Crippen molar-refractivity contribution in [3.05, 3.63) is 47.0 Å². The molecule has 0 aliphatic carbocycles. The summed E-state index contributed by atoms with van der Waals surface area (Å²) in [5, 5.41) is 10.1. The zero-order chi connectivity index (χ0) is 21.8. The minimum absolute atomic E-state index is 0.239. The van der Waals surface area contributed by atoms with Gasteiger partial charge in [-0.2, -0.15) is 0 Å². The lowest BCUT2D eigenvalue weighted by Crippen LogP contribution is -2.35. The smallest absolute Gasteiger partial charge is 0.508 e. The molecule has 2 rings (SSSR count). The minimum atomic E-state index is -2.76. The van der Waals surface area contributed by atoms with Crippen molar-refractivity contribution in [2.24, 2.45) is 0 Å². The first-order valence-corrected chi connectivity index (χ1v) is 11.7. The highest BCUT2D eigenvalue weighted by molar-refractivity contribution is 7.99. The van der Waals surface area contributed by atoms with Gasteiger partial charge in [0.05, 0.1) is 0 Å². The Balaban J connectivity index is 2.32. The fraction of sp³-hybridized carbons (Fsp3) is 0.455. The second kappa shape index (κ2) is 9.94. The summed E-state index contributed by atoms with van der Waals surface area (Å²) >= 11 is 1.65. The Bertz CT molecular complexity index is 854. The standard InChI is InChI=1S/C22H29O5PS/c1-7-22(8-2,27-28(24)25)26-17-11-15(5)21(16(6)12-17)29-18-9-10-20(23)19(13-18)14(3)4/h9-14H,7-8H2,1-6H3,(H-,23,24,25)/p+1. The Labute approximate surface area is 178 Å². The van der Waals surface area contributed by atoms with Crippen molar-refractivity contribution in [3.8, 4) is 11.5 Å². The van der Waals surface area contributed by atoms with Crippen LogP contribution in [0.15, 0.2) is 40.1 Å². The quantitative estimate of drug-likeness (QED) is 0.330. The number of phenolic OH excluding ortho intramolecular Hbond substituents is 1. The van der Waals surface area contributed by atoms with Gasteiger partial charge in [0.1, 0.15) is 11.5 Å². The summed E-state index contributed by atoms with van der Waals surface area (Å²) in [6.45, 7) is 11.9. The molecular formula is C22H30O5PS+. The van der Waals surface area contributed by atoms with E-state index in [-0.39, 0.29) is 5.92 Å². The lowest BCUT2D eigenvalue weighted by molar-refractivity contribution is -0.119. The fourth-order valence-electron chi connectivity index (χ4n) is 3.21. The van der Waals surface area contributed by atoms with E-state index < -0.39 is 14.0 Å². The molecule has 7 heteroatoms. The van der Waals surface area contributed by atoms with Crippen LogP contribution < -0.4 is 4.74 Å². The Kier molecular flexibility index (Phi) is 8.12. The van der Waals surface area contributed by atoms with Gasteiger partial charge in [0.2, 0.25) is 0 Å². The number of hydrogen-bond acceptors (Lipinski definition) is 5. The highest BCUT2D eigenvalue weighted by Crippen LogP contribution is 2.40. The van der Waals surface area contributed by atoms with E-state index in [0.717, 1.165) is 26.5 Å². The van der Waals surface area contributed by atoms with Gasteiger partial charge in [0.15, 0.2) is 0 Å². The molecule has 0 aliphatic rings. The molecule has 0 saturated heterocycles. The van der Waals surface area contributed by atoms with Crippen LogP contribution in [-0.2, 0) is 9.09 Å². The van der Waals surface area contributed by atoms with Crippen LogP contribution in [-0.4, -0.2) is 15.8 Å². The minimum Gasteiger partial charge on any atom is -0.508 e. The van der Waals surface area contributed by atoms with Gasteiger partial charge < -0.3 is 9.84 Å². The Hall–Kier alpha value is -1.59. The van der Waals surface area contributed by atoms with E-state index in [1.807, 2.05) is 52.0 Å². The summed E-state index contributed by atoms with van der Waals surface area (Å²) in [5.74, 6) is 0.0410. The molecule has 1 unspecified atom stereocenters. The highest BCUT2D eigenvalue weighted by Gasteiger charge is 2.40. The first-order chi connectivity index (χ1) is 13.6. The molecule has 0 spiro atoms. The Morgan fingerprint density at radius 3 is 2.17 bits per heavy atom. The van der Waals surface area contributed by atoms with Gasteiger partial charge in [-0.15, -0.1) is 4.89 Å². The van der Waals surface area contributed by atoms with Gasteiger partial charge in [0, 0.05) is 27.2 Å². The molecule has 1 atom stereocenters. The zero-order valence-corrected chi connectivity index (χ0v) is 19.6. The normalized spacial score (nSPS) is 12.3. The lowest BCUT2D eigenvalue weighted by Gasteiger charge is -2.26. The van der Waals surface area contributed by atoms with E-state index in [9.17, 15) is 14.6 Å². The fourth-order valence-corrected chi connectivity index (χ4v) is 4.78. The van der Waals surface area contributed by atoms with Gasteiger partial charge in [-0.1, -0.05) is 44.0 Å². The predicted octanol–water partition coefficient (Wildman–Crippen LogP) is 6.85. The summed E-state index contributed by atoms with van der Waals surface area (Å²) in [4.78, 5) is 11.4.